The fourth-order valence-corrected chi connectivity index (χ4v) is 3.06. The molecule has 0 radical (unpaired) electrons. The second-order valence-electron chi connectivity index (χ2n) is 6.62. The van der Waals surface area contributed by atoms with Crippen LogP contribution in [0.4, 0.5) is 0 Å². The molecular formula is C17H28N4O9S2. The number of hydrogen-bond acceptors (Lipinski definition) is 9. The zero-order valence-corrected chi connectivity index (χ0v) is 19.0. The average molecular weight is 497 g/mol. The van der Waals surface area contributed by atoms with E-state index >= 15 is 0 Å². The molecule has 0 spiro atoms. The van der Waals surface area contributed by atoms with Crippen molar-refractivity contribution in [3.05, 3.63) is 0 Å². The van der Waals surface area contributed by atoms with E-state index in [0.717, 1.165) is 0 Å². The van der Waals surface area contributed by atoms with Crippen molar-refractivity contribution < 1.29 is 44.1 Å². The van der Waals surface area contributed by atoms with Gasteiger partial charge < -0.3 is 37.0 Å². The van der Waals surface area contributed by atoms with E-state index in [2.05, 4.69) is 28.6 Å². The zero-order chi connectivity index (χ0) is 24.8. The van der Waals surface area contributed by atoms with E-state index < -0.39 is 72.6 Å². The Morgan fingerprint density at radius 3 is 1.84 bits per heavy atom. The van der Waals surface area contributed by atoms with Crippen molar-refractivity contribution in [2.45, 2.75) is 49.9 Å². The molecule has 0 rings (SSSR count). The quantitative estimate of drug-likeness (QED) is 0.108. The lowest BCUT2D eigenvalue weighted by atomic mass is 10.1. The van der Waals surface area contributed by atoms with Crippen molar-refractivity contribution in [1.29, 1.82) is 0 Å². The molecule has 0 saturated carbocycles. The highest BCUT2D eigenvalue weighted by Crippen LogP contribution is 2.04. The van der Waals surface area contributed by atoms with Crippen molar-refractivity contribution in [3.8, 4) is 0 Å². The summed E-state index contributed by atoms with van der Waals surface area (Å²) < 4.78 is 0. The third-order valence-corrected chi connectivity index (χ3v) is 5.06. The van der Waals surface area contributed by atoms with E-state index in [9.17, 15) is 28.8 Å². The average Bonchev–Trinajstić information content (AvgIpc) is 2.70. The van der Waals surface area contributed by atoms with Gasteiger partial charge in [0.2, 0.25) is 17.7 Å². The molecule has 0 aromatic carbocycles. The summed E-state index contributed by atoms with van der Waals surface area (Å²) in [5.74, 6) is -6.28. The minimum atomic E-state index is -1.49. The molecule has 15 heteroatoms. The summed E-state index contributed by atoms with van der Waals surface area (Å²) >= 11 is 5.35. The van der Waals surface area contributed by atoms with Crippen LogP contribution in [0.25, 0.3) is 0 Å². The fraction of sp³-hybridized carbons (Fsp3) is 0.647. The van der Waals surface area contributed by atoms with Gasteiger partial charge in [-0.15, -0.1) is 0 Å². The first-order valence-corrected chi connectivity index (χ1v) is 11.4. The number of carboxylic acid groups (broad SMARTS) is 3. The Bertz CT molecular complexity index is 708. The summed E-state index contributed by atoms with van der Waals surface area (Å²) in [6, 6.07) is -5.28. The molecular weight excluding hydrogens is 468 g/mol. The maximum Gasteiger partial charge on any atom is 0.326 e. The first kappa shape index (κ1) is 29.5. The van der Waals surface area contributed by atoms with Crippen LogP contribution < -0.4 is 21.7 Å². The van der Waals surface area contributed by atoms with Gasteiger partial charge in [0.15, 0.2) is 0 Å². The SMILES string of the molecule is CSCCC(NC(=O)C(N)CC(=O)O)C(=O)NC(CS)C(=O)NC(CCC(=O)O)C(=O)O. The van der Waals surface area contributed by atoms with Crippen LogP contribution in [0, 0.1) is 0 Å². The lowest BCUT2D eigenvalue weighted by Gasteiger charge is -2.24. The van der Waals surface area contributed by atoms with E-state index in [1.807, 2.05) is 0 Å². The number of thioether (sulfide) groups is 1. The van der Waals surface area contributed by atoms with Gasteiger partial charge in [0.05, 0.1) is 12.5 Å². The minimum Gasteiger partial charge on any atom is -0.481 e. The summed E-state index contributed by atoms with van der Waals surface area (Å²) in [5.41, 5.74) is 5.50. The molecule has 0 heterocycles. The third kappa shape index (κ3) is 11.8. The second-order valence-corrected chi connectivity index (χ2v) is 7.97. The zero-order valence-electron chi connectivity index (χ0n) is 17.3. The molecule has 4 atom stereocenters. The summed E-state index contributed by atoms with van der Waals surface area (Å²) in [6.07, 6.45) is 0.416. The van der Waals surface area contributed by atoms with Crippen LogP contribution in [0.15, 0.2) is 0 Å². The van der Waals surface area contributed by atoms with Gasteiger partial charge in [-0.05, 0) is 24.9 Å². The van der Waals surface area contributed by atoms with Crippen LogP contribution in [0.1, 0.15) is 25.7 Å². The summed E-state index contributed by atoms with van der Waals surface area (Å²) in [5, 5.41) is 33.4. The number of amides is 3. The Balaban J connectivity index is 5.20. The van der Waals surface area contributed by atoms with E-state index in [1.54, 1.807) is 6.26 Å². The van der Waals surface area contributed by atoms with Gasteiger partial charge in [0.1, 0.15) is 18.1 Å². The van der Waals surface area contributed by atoms with Crippen LogP contribution in [0.2, 0.25) is 0 Å². The first-order chi connectivity index (χ1) is 14.9. The molecule has 182 valence electrons. The van der Waals surface area contributed by atoms with Crippen LogP contribution in [0.3, 0.4) is 0 Å². The minimum absolute atomic E-state index is 0.149. The van der Waals surface area contributed by atoms with Crippen LogP contribution in [-0.4, -0.2) is 92.9 Å². The van der Waals surface area contributed by atoms with Crippen molar-refractivity contribution in [3.63, 3.8) is 0 Å². The Hall–Kier alpha value is -2.52. The molecule has 0 bridgehead atoms. The molecule has 0 aliphatic heterocycles. The van der Waals surface area contributed by atoms with Gasteiger partial charge in [0, 0.05) is 12.2 Å². The number of carboxylic acids is 3. The van der Waals surface area contributed by atoms with Gasteiger partial charge in [0.25, 0.3) is 0 Å². The summed E-state index contributed by atoms with van der Waals surface area (Å²) in [6.45, 7) is 0. The highest BCUT2D eigenvalue weighted by molar-refractivity contribution is 7.98. The van der Waals surface area contributed by atoms with Gasteiger partial charge >= 0.3 is 17.9 Å². The number of rotatable bonds is 16. The monoisotopic (exact) mass is 496 g/mol. The fourth-order valence-electron chi connectivity index (χ4n) is 2.33. The summed E-state index contributed by atoms with van der Waals surface area (Å²) in [7, 11) is 0. The maximum absolute atomic E-state index is 12.6. The molecule has 0 aromatic rings. The van der Waals surface area contributed by atoms with Crippen molar-refractivity contribution in [2.24, 2.45) is 5.73 Å². The number of carbonyl (C=O) groups excluding carboxylic acids is 3. The Morgan fingerprint density at radius 2 is 1.38 bits per heavy atom. The van der Waals surface area contributed by atoms with Crippen molar-refractivity contribution in [2.75, 3.05) is 17.8 Å². The molecule has 0 aromatic heterocycles. The molecule has 3 amide bonds. The van der Waals surface area contributed by atoms with E-state index in [0.29, 0.717) is 5.75 Å². The number of nitrogens with one attached hydrogen (secondary N) is 3. The number of carbonyl (C=O) groups is 6. The Kier molecular flexibility index (Phi) is 14.1. The van der Waals surface area contributed by atoms with E-state index in [4.69, 9.17) is 21.1 Å². The predicted octanol–water partition coefficient (Wildman–Crippen LogP) is -2.12. The lowest BCUT2D eigenvalue weighted by molar-refractivity contribution is -0.143. The molecule has 13 nitrogen and oxygen atoms in total. The third-order valence-electron chi connectivity index (χ3n) is 4.05. The molecule has 0 saturated heterocycles. The number of aliphatic carboxylic acids is 3. The molecule has 0 fully saturated rings. The normalized spacial score (nSPS) is 14.3. The Labute approximate surface area is 193 Å². The van der Waals surface area contributed by atoms with Gasteiger partial charge in [-0.2, -0.15) is 24.4 Å². The number of nitrogens with two attached hydrogens (primary N) is 1. The van der Waals surface area contributed by atoms with Crippen LogP contribution >= 0.6 is 24.4 Å². The van der Waals surface area contributed by atoms with Crippen LogP contribution in [-0.2, 0) is 28.8 Å². The second kappa shape index (κ2) is 15.3. The number of hydrogen-bond donors (Lipinski definition) is 8. The predicted molar refractivity (Wildman–Crippen MR) is 117 cm³/mol. The standard InChI is InChI=1S/C17H28N4O9S2/c1-32-5-4-9(19-14(26)8(18)6-13(24)25)15(27)21-11(7-31)16(28)20-10(17(29)30)2-3-12(22)23/h8-11,31H,2-7,18H2,1H3,(H,19,26)(H,20,28)(H,21,27)(H,22,23)(H,24,25)(H,29,30). The van der Waals surface area contributed by atoms with E-state index in [-0.39, 0.29) is 18.6 Å². The van der Waals surface area contributed by atoms with Gasteiger partial charge in [-0.1, -0.05) is 0 Å². The van der Waals surface area contributed by atoms with E-state index in [1.165, 1.54) is 11.8 Å². The smallest absolute Gasteiger partial charge is 0.326 e. The van der Waals surface area contributed by atoms with Gasteiger partial charge in [-0.25, -0.2) is 4.79 Å². The molecule has 8 N–H and O–H groups in total. The highest BCUT2D eigenvalue weighted by Gasteiger charge is 2.30. The first-order valence-electron chi connectivity index (χ1n) is 9.35. The molecule has 0 aliphatic carbocycles. The van der Waals surface area contributed by atoms with Crippen molar-refractivity contribution >= 4 is 60.0 Å². The molecule has 32 heavy (non-hydrogen) atoms. The number of thiol groups is 1. The largest absolute Gasteiger partial charge is 0.481 e. The topological polar surface area (TPSA) is 225 Å². The molecule has 4 unspecified atom stereocenters. The maximum atomic E-state index is 12.6. The lowest BCUT2D eigenvalue weighted by Crippen LogP contribution is -2.57. The Morgan fingerprint density at radius 1 is 0.844 bits per heavy atom. The van der Waals surface area contributed by atoms with Gasteiger partial charge in [-0.3, -0.25) is 24.0 Å². The van der Waals surface area contributed by atoms with Crippen LogP contribution in [0.5, 0.6) is 0 Å². The van der Waals surface area contributed by atoms with Crippen molar-refractivity contribution in [1.82, 2.24) is 16.0 Å². The molecule has 0 aliphatic rings. The highest BCUT2D eigenvalue weighted by atomic mass is 32.2. The summed E-state index contributed by atoms with van der Waals surface area (Å²) in [4.78, 5) is 69.7.